The van der Waals surface area contributed by atoms with Crippen LogP contribution in [0, 0.1) is 6.92 Å². The quantitative estimate of drug-likeness (QED) is 0.744. The third-order valence-corrected chi connectivity index (χ3v) is 3.40. The summed E-state index contributed by atoms with van der Waals surface area (Å²) in [5.74, 6) is 1.11. The zero-order valence-electron chi connectivity index (χ0n) is 14.4. The molecule has 24 heavy (non-hydrogen) atoms. The first-order chi connectivity index (χ1) is 11.8. The van der Waals surface area contributed by atoms with Crippen molar-refractivity contribution in [1.29, 1.82) is 0 Å². The second kappa shape index (κ2) is 11.3. The van der Waals surface area contributed by atoms with Crippen molar-refractivity contribution in [3.05, 3.63) is 17.1 Å². The molecule has 0 fully saturated rings. The Kier molecular flexibility index (Phi) is 8.93. The molecule has 0 unspecified atom stereocenters. The van der Waals surface area contributed by atoms with Crippen molar-refractivity contribution >= 4 is 0 Å². The van der Waals surface area contributed by atoms with Crippen LogP contribution in [0.25, 0.3) is 0 Å². The minimum Gasteiger partial charge on any atom is -0.481 e. The maximum Gasteiger partial charge on any atom is 0.219 e. The summed E-state index contributed by atoms with van der Waals surface area (Å²) in [4.78, 5) is 8.85. The lowest BCUT2D eigenvalue weighted by Gasteiger charge is -2.13. The van der Waals surface area contributed by atoms with Gasteiger partial charge in [-0.1, -0.05) is 0 Å². The van der Waals surface area contributed by atoms with Crippen LogP contribution in [-0.2, 0) is 36.9 Å². The first-order valence-electron chi connectivity index (χ1n) is 8.10. The number of fused-ring (bicyclic) bond motifs is 2. The summed E-state index contributed by atoms with van der Waals surface area (Å²) in [6, 6.07) is 0. The Hall–Kier alpha value is -1.32. The number of aromatic nitrogens is 2. The van der Waals surface area contributed by atoms with E-state index in [1.807, 2.05) is 6.92 Å². The second-order valence-electron chi connectivity index (χ2n) is 5.16. The standard InChI is InChI=1S/C16H26N2O6/c1-13-14-11-23-9-7-21-5-3-20-4-6-22-8-10-24-12-15(17-14)18-16(13)19-2/h3-12H2,1-2H3. The molecule has 0 N–H and O–H groups in total. The molecule has 0 aromatic carbocycles. The molecule has 2 heterocycles. The van der Waals surface area contributed by atoms with Gasteiger partial charge in [0.25, 0.3) is 0 Å². The average molecular weight is 342 g/mol. The molecular weight excluding hydrogens is 316 g/mol. The molecule has 0 spiro atoms. The first-order valence-corrected chi connectivity index (χ1v) is 8.10. The van der Waals surface area contributed by atoms with Gasteiger partial charge in [-0.25, -0.2) is 4.98 Å². The molecule has 0 amide bonds. The van der Waals surface area contributed by atoms with Crippen LogP contribution in [0.1, 0.15) is 17.1 Å². The van der Waals surface area contributed by atoms with E-state index >= 15 is 0 Å². The Morgan fingerprint density at radius 2 is 1.21 bits per heavy atom. The molecule has 2 rings (SSSR count). The van der Waals surface area contributed by atoms with Gasteiger partial charge in [0.1, 0.15) is 6.61 Å². The molecule has 8 nitrogen and oxygen atoms in total. The van der Waals surface area contributed by atoms with Crippen LogP contribution in [0.15, 0.2) is 0 Å². The van der Waals surface area contributed by atoms with Crippen molar-refractivity contribution in [2.24, 2.45) is 0 Å². The Morgan fingerprint density at radius 1 is 0.708 bits per heavy atom. The minimum atomic E-state index is 0.298. The Morgan fingerprint density at radius 3 is 1.75 bits per heavy atom. The van der Waals surface area contributed by atoms with Gasteiger partial charge in [0.15, 0.2) is 5.82 Å². The summed E-state index contributed by atoms with van der Waals surface area (Å²) in [6.45, 7) is 6.71. The van der Waals surface area contributed by atoms with Crippen molar-refractivity contribution in [2.45, 2.75) is 20.1 Å². The lowest BCUT2D eigenvalue weighted by molar-refractivity contribution is -0.0156. The number of hydrogen-bond donors (Lipinski definition) is 0. The van der Waals surface area contributed by atoms with Gasteiger partial charge in [-0.05, 0) is 6.92 Å². The van der Waals surface area contributed by atoms with Gasteiger partial charge in [0, 0.05) is 5.56 Å². The lowest BCUT2D eigenvalue weighted by Crippen LogP contribution is -2.15. The molecule has 1 aliphatic rings. The first kappa shape index (κ1) is 19.0. The molecule has 0 saturated heterocycles. The fraction of sp³-hybridized carbons (Fsp3) is 0.750. The van der Waals surface area contributed by atoms with E-state index in [1.165, 1.54) is 0 Å². The van der Waals surface area contributed by atoms with Crippen LogP contribution in [0.4, 0.5) is 0 Å². The van der Waals surface area contributed by atoms with Gasteiger partial charge >= 0.3 is 0 Å². The fourth-order valence-corrected chi connectivity index (χ4v) is 2.10. The predicted molar refractivity (Wildman–Crippen MR) is 85.1 cm³/mol. The molecule has 1 aliphatic heterocycles. The van der Waals surface area contributed by atoms with Gasteiger partial charge in [-0.2, -0.15) is 4.98 Å². The SMILES string of the molecule is COc1nc2nc(c1C)COCCOCCOCCOCCOC2. The monoisotopic (exact) mass is 342 g/mol. The molecule has 0 radical (unpaired) electrons. The van der Waals surface area contributed by atoms with Gasteiger partial charge in [0.2, 0.25) is 5.88 Å². The van der Waals surface area contributed by atoms with Gasteiger partial charge in [-0.15, -0.1) is 0 Å². The number of rotatable bonds is 1. The largest absolute Gasteiger partial charge is 0.481 e. The summed E-state index contributed by atoms with van der Waals surface area (Å²) < 4.78 is 32.7. The van der Waals surface area contributed by atoms with Gasteiger partial charge in [-0.3, -0.25) is 0 Å². The number of ether oxygens (including phenoxy) is 6. The van der Waals surface area contributed by atoms with E-state index in [1.54, 1.807) is 7.11 Å². The fourth-order valence-electron chi connectivity index (χ4n) is 2.10. The number of nitrogens with zero attached hydrogens (tertiary/aromatic N) is 2. The van der Waals surface area contributed by atoms with E-state index in [0.29, 0.717) is 77.8 Å². The predicted octanol–water partition coefficient (Wildman–Crippen LogP) is 0.890. The van der Waals surface area contributed by atoms with Crippen LogP contribution < -0.4 is 4.74 Å². The number of methoxy groups -OCH3 is 1. The van der Waals surface area contributed by atoms with Gasteiger partial charge in [0.05, 0.1) is 72.3 Å². The molecule has 0 aliphatic carbocycles. The van der Waals surface area contributed by atoms with E-state index in [0.717, 1.165) is 11.3 Å². The normalized spacial score (nSPS) is 19.2. The summed E-state index contributed by atoms with van der Waals surface area (Å²) in [7, 11) is 1.59. The van der Waals surface area contributed by atoms with Crippen molar-refractivity contribution in [2.75, 3.05) is 60.0 Å². The molecule has 0 saturated carbocycles. The molecule has 0 atom stereocenters. The van der Waals surface area contributed by atoms with E-state index < -0.39 is 0 Å². The zero-order chi connectivity index (χ0) is 17.0. The molecule has 1 aromatic heterocycles. The smallest absolute Gasteiger partial charge is 0.219 e. The van der Waals surface area contributed by atoms with Crippen LogP contribution in [0.3, 0.4) is 0 Å². The Bertz CT molecular complexity index is 486. The molecule has 136 valence electrons. The highest BCUT2D eigenvalue weighted by molar-refractivity contribution is 5.29. The van der Waals surface area contributed by atoms with E-state index in [9.17, 15) is 0 Å². The summed E-state index contributed by atoms with van der Waals surface area (Å²) in [6.07, 6.45) is 0. The average Bonchev–Trinajstić information content (AvgIpc) is 2.59. The Labute approximate surface area is 142 Å². The van der Waals surface area contributed by atoms with E-state index in [-0.39, 0.29) is 0 Å². The molecule has 8 heteroatoms. The summed E-state index contributed by atoms with van der Waals surface area (Å²) in [5, 5.41) is 0. The maximum absolute atomic E-state index is 5.63. The summed E-state index contributed by atoms with van der Waals surface area (Å²) in [5.41, 5.74) is 1.66. The van der Waals surface area contributed by atoms with Crippen LogP contribution >= 0.6 is 0 Å². The highest BCUT2D eigenvalue weighted by atomic mass is 16.6. The van der Waals surface area contributed by atoms with Crippen molar-refractivity contribution in [3.8, 4) is 5.88 Å². The van der Waals surface area contributed by atoms with Crippen LogP contribution in [0.5, 0.6) is 5.88 Å². The highest BCUT2D eigenvalue weighted by Gasteiger charge is 2.12. The maximum atomic E-state index is 5.63. The van der Waals surface area contributed by atoms with Crippen molar-refractivity contribution in [3.63, 3.8) is 0 Å². The lowest BCUT2D eigenvalue weighted by atomic mass is 10.2. The van der Waals surface area contributed by atoms with Crippen LogP contribution in [-0.4, -0.2) is 69.9 Å². The minimum absolute atomic E-state index is 0.298. The van der Waals surface area contributed by atoms with Crippen molar-refractivity contribution in [1.82, 2.24) is 9.97 Å². The van der Waals surface area contributed by atoms with Gasteiger partial charge < -0.3 is 28.4 Å². The zero-order valence-corrected chi connectivity index (χ0v) is 14.4. The number of hydrogen-bond acceptors (Lipinski definition) is 8. The van der Waals surface area contributed by atoms with Crippen LogP contribution in [0.2, 0.25) is 0 Å². The summed E-state index contributed by atoms with van der Waals surface area (Å²) >= 11 is 0. The highest BCUT2D eigenvalue weighted by Crippen LogP contribution is 2.18. The molecule has 1 aromatic rings. The molecular formula is C16H26N2O6. The Balaban J connectivity index is 1.97. The second-order valence-corrected chi connectivity index (χ2v) is 5.16. The third kappa shape index (κ3) is 6.66. The molecule has 2 bridgehead atoms. The van der Waals surface area contributed by atoms with E-state index in [2.05, 4.69) is 9.97 Å². The third-order valence-electron chi connectivity index (χ3n) is 3.40. The van der Waals surface area contributed by atoms with Crippen molar-refractivity contribution < 1.29 is 28.4 Å². The topological polar surface area (TPSA) is 81.2 Å². The van der Waals surface area contributed by atoms with E-state index in [4.69, 9.17) is 28.4 Å².